The Labute approximate surface area is 180 Å². The number of rotatable bonds is 11. The predicted octanol–water partition coefficient (Wildman–Crippen LogP) is 5.67. The second-order valence-electron chi connectivity index (χ2n) is 8.08. The molecule has 0 N–H and O–H groups in total. The molecule has 2 atom stereocenters. The molecule has 30 heavy (non-hydrogen) atoms. The monoisotopic (exact) mass is 414 g/mol. The number of hydrogen-bond acceptors (Lipinski definition) is 5. The molecule has 1 aliphatic heterocycles. The first-order chi connectivity index (χ1) is 14.6. The fourth-order valence-corrected chi connectivity index (χ4v) is 4.23. The first-order valence-corrected chi connectivity index (χ1v) is 10.7. The third-order valence-corrected chi connectivity index (χ3v) is 5.95. The molecule has 1 heterocycles. The Hall–Kier alpha value is -2.24. The minimum Gasteiger partial charge on any atom is -0.492 e. The zero-order valence-electron chi connectivity index (χ0n) is 18.6. The molecule has 0 fully saturated rings. The molecule has 0 saturated carbocycles. The Bertz CT molecular complexity index is 789. The zero-order valence-corrected chi connectivity index (χ0v) is 18.6. The SMILES string of the molecule is CCCCCC1c2ccc(OCOC)cc2OCC1(C)c1ccc(OCOC)cc1. The Balaban J connectivity index is 1.89. The van der Waals surface area contributed by atoms with Gasteiger partial charge in [0.05, 0.1) is 6.61 Å². The van der Waals surface area contributed by atoms with E-state index >= 15 is 0 Å². The molecule has 0 saturated heterocycles. The van der Waals surface area contributed by atoms with Crippen LogP contribution >= 0.6 is 0 Å². The molecule has 5 heteroatoms. The second-order valence-corrected chi connectivity index (χ2v) is 8.08. The number of methoxy groups -OCH3 is 2. The molecule has 2 unspecified atom stereocenters. The van der Waals surface area contributed by atoms with Crippen molar-refractivity contribution < 1.29 is 23.7 Å². The summed E-state index contributed by atoms with van der Waals surface area (Å²) in [4.78, 5) is 0. The van der Waals surface area contributed by atoms with Crippen LogP contribution in [0.1, 0.15) is 56.6 Å². The van der Waals surface area contributed by atoms with Crippen LogP contribution in [-0.2, 0) is 14.9 Å². The average molecular weight is 415 g/mol. The lowest BCUT2D eigenvalue weighted by Crippen LogP contribution is -2.40. The number of fused-ring (bicyclic) bond motifs is 1. The fourth-order valence-electron chi connectivity index (χ4n) is 4.23. The van der Waals surface area contributed by atoms with Gasteiger partial charge in [0, 0.05) is 31.6 Å². The van der Waals surface area contributed by atoms with Gasteiger partial charge in [-0.05, 0) is 35.7 Å². The molecule has 0 aliphatic carbocycles. The van der Waals surface area contributed by atoms with E-state index < -0.39 is 0 Å². The average Bonchev–Trinajstić information content (AvgIpc) is 2.78. The lowest BCUT2D eigenvalue weighted by Gasteiger charge is -2.43. The van der Waals surface area contributed by atoms with Crippen LogP contribution in [0.15, 0.2) is 42.5 Å². The standard InChI is InChI=1S/C25H34O5/c1-5-6-7-8-23-22-14-13-21(30-18-27-4)15-24(22)28-16-25(23,2)19-9-11-20(12-10-19)29-17-26-3/h9-15,23H,5-8,16-18H2,1-4H3. The summed E-state index contributed by atoms with van der Waals surface area (Å²) in [5, 5.41) is 0. The minimum absolute atomic E-state index is 0.116. The maximum absolute atomic E-state index is 6.27. The van der Waals surface area contributed by atoms with Gasteiger partial charge in [-0.3, -0.25) is 0 Å². The highest BCUT2D eigenvalue weighted by Gasteiger charge is 2.42. The van der Waals surface area contributed by atoms with Crippen LogP contribution in [0.2, 0.25) is 0 Å². The molecule has 5 nitrogen and oxygen atoms in total. The summed E-state index contributed by atoms with van der Waals surface area (Å²) in [6.45, 7) is 5.67. The minimum atomic E-state index is -0.116. The number of hydrogen-bond donors (Lipinski definition) is 0. The van der Waals surface area contributed by atoms with E-state index in [4.69, 9.17) is 23.7 Å². The number of benzene rings is 2. The van der Waals surface area contributed by atoms with Crippen molar-refractivity contribution >= 4 is 0 Å². The summed E-state index contributed by atoms with van der Waals surface area (Å²) >= 11 is 0. The fraction of sp³-hybridized carbons (Fsp3) is 0.520. The Morgan fingerprint density at radius 3 is 2.27 bits per heavy atom. The maximum Gasteiger partial charge on any atom is 0.188 e. The molecule has 1 aliphatic rings. The van der Waals surface area contributed by atoms with Gasteiger partial charge in [-0.25, -0.2) is 0 Å². The molecule has 0 aromatic heterocycles. The van der Waals surface area contributed by atoms with Crippen molar-refractivity contribution in [3.8, 4) is 17.2 Å². The van der Waals surface area contributed by atoms with Crippen molar-refractivity contribution in [2.45, 2.75) is 50.9 Å². The molecule has 2 aromatic carbocycles. The zero-order chi connectivity index (χ0) is 21.4. The highest BCUT2D eigenvalue weighted by Crippen LogP contribution is 2.49. The molecular weight excluding hydrogens is 380 g/mol. The highest BCUT2D eigenvalue weighted by molar-refractivity contribution is 5.48. The van der Waals surface area contributed by atoms with E-state index in [1.807, 2.05) is 24.3 Å². The van der Waals surface area contributed by atoms with E-state index in [2.05, 4.69) is 32.0 Å². The maximum atomic E-state index is 6.27. The van der Waals surface area contributed by atoms with Gasteiger partial charge in [-0.15, -0.1) is 0 Å². The first kappa shape index (κ1) is 22.4. The van der Waals surface area contributed by atoms with E-state index in [1.165, 1.54) is 30.4 Å². The Morgan fingerprint density at radius 1 is 0.933 bits per heavy atom. The smallest absolute Gasteiger partial charge is 0.188 e. The van der Waals surface area contributed by atoms with Gasteiger partial charge < -0.3 is 23.7 Å². The van der Waals surface area contributed by atoms with Crippen molar-refractivity contribution in [1.29, 1.82) is 0 Å². The number of ether oxygens (including phenoxy) is 5. The molecular formula is C25H34O5. The van der Waals surface area contributed by atoms with E-state index in [0.717, 1.165) is 23.7 Å². The first-order valence-electron chi connectivity index (χ1n) is 10.7. The summed E-state index contributed by atoms with van der Waals surface area (Å²) < 4.78 is 27.5. The highest BCUT2D eigenvalue weighted by atomic mass is 16.7. The van der Waals surface area contributed by atoms with Crippen molar-refractivity contribution in [3.63, 3.8) is 0 Å². The summed E-state index contributed by atoms with van der Waals surface area (Å²) in [5.41, 5.74) is 2.40. The molecule has 3 rings (SSSR count). The topological polar surface area (TPSA) is 46.2 Å². The lowest BCUT2D eigenvalue weighted by atomic mass is 9.66. The van der Waals surface area contributed by atoms with Gasteiger partial charge in [-0.1, -0.05) is 51.3 Å². The van der Waals surface area contributed by atoms with Gasteiger partial charge >= 0.3 is 0 Å². The molecule has 0 spiro atoms. The van der Waals surface area contributed by atoms with Crippen LogP contribution in [0.25, 0.3) is 0 Å². The summed E-state index contributed by atoms with van der Waals surface area (Å²) in [5.74, 6) is 2.87. The normalized spacial score (nSPS) is 20.3. The van der Waals surface area contributed by atoms with Crippen molar-refractivity contribution in [1.82, 2.24) is 0 Å². The van der Waals surface area contributed by atoms with Gasteiger partial charge in [-0.2, -0.15) is 0 Å². The van der Waals surface area contributed by atoms with Crippen molar-refractivity contribution in [3.05, 3.63) is 53.6 Å². The largest absolute Gasteiger partial charge is 0.492 e. The molecule has 0 bridgehead atoms. The van der Waals surface area contributed by atoms with E-state index in [1.54, 1.807) is 14.2 Å². The van der Waals surface area contributed by atoms with Gasteiger partial charge in [0.2, 0.25) is 0 Å². The quantitative estimate of drug-likeness (QED) is 0.350. The summed E-state index contributed by atoms with van der Waals surface area (Å²) in [7, 11) is 3.24. The van der Waals surface area contributed by atoms with Crippen LogP contribution in [0.4, 0.5) is 0 Å². The van der Waals surface area contributed by atoms with Crippen molar-refractivity contribution in [2.24, 2.45) is 0 Å². The Kier molecular flexibility index (Phi) is 8.00. The second kappa shape index (κ2) is 10.7. The predicted molar refractivity (Wildman–Crippen MR) is 118 cm³/mol. The molecule has 2 aromatic rings. The van der Waals surface area contributed by atoms with Gasteiger partial charge in [0.25, 0.3) is 0 Å². The number of unbranched alkanes of at least 4 members (excludes halogenated alkanes) is 2. The Morgan fingerprint density at radius 2 is 1.60 bits per heavy atom. The third kappa shape index (κ3) is 5.08. The van der Waals surface area contributed by atoms with Crippen LogP contribution in [0, 0.1) is 0 Å². The van der Waals surface area contributed by atoms with E-state index in [9.17, 15) is 0 Å². The van der Waals surface area contributed by atoms with E-state index in [-0.39, 0.29) is 19.0 Å². The van der Waals surface area contributed by atoms with Gasteiger partial charge in [0.15, 0.2) is 13.6 Å². The molecule has 0 amide bonds. The van der Waals surface area contributed by atoms with E-state index in [0.29, 0.717) is 12.5 Å². The summed E-state index contributed by atoms with van der Waals surface area (Å²) in [6.07, 6.45) is 4.78. The lowest BCUT2D eigenvalue weighted by molar-refractivity contribution is 0.0505. The van der Waals surface area contributed by atoms with Crippen LogP contribution in [-0.4, -0.2) is 34.4 Å². The molecule has 164 valence electrons. The molecule has 0 radical (unpaired) electrons. The van der Waals surface area contributed by atoms with Crippen molar-refractivity contribution in [2.75, 3.05) is 34.4 Å². The van der Waals surface area contributed by atoms with Gasteiger partial charge in [0.1, 0.15) is 17.2 Å². The van der Waals surface area contributed by atoms with Crippen LogP contribution in [0.3, 0.4) is 0 Å². The third-order valence-electron chi connectivity index (χ3n) is 5.95. The van der Waals surface area contributed by atoms with Crippen LogP contribution < -0.4 is 14.2 Å². The van der Waals surface area contributed by atoms with Crippen LogP contribution in [0.5, 0.6) is 17.2 Å². The summed E-state index contributed by atoms with van der Waals surface area (Å²) in [6, 6.07) is 14.5.